The summed E-state index contributed by atoms with van der Waals surface area (Å²) < 4.78 is 1.98. The minimum atomic E-state index is -0.428. The van der Waals surface area contributed by atoms with Crippen molar-refractivity contribution in [1.82, 2.24) is 14.7 Å². The van der Waals surface area contributed by atoms with Crippen LogP contribution in [0.4, 0.5) is 5.82 Å². The number of anilines is 1. The highest BCUT2D eigenvalue weighted by Gasteiger charge is 2.39. The van der Waals surface area contributed by atoms with Crippen LogP contribution in [-0.4, -0.2) is 39.3 Å². The standard InChI is InChI=1S/C23H28N6O/c1-3-4-12-23(26-27-23)13-10-21(30)25-22-18(2)15-24-29(22)20-11-14-28(17-20)16-19-8-6-5-7-9-19/h1,5-9,15,20H,4,10-14,16-17H2,2H3,(H,25,30). The van der Waals surface area contributed by atoms with Crippen LogP contribution in [0.5, 0.6) is 0 Å². The lowest BCUT2D eigenvalue weighted by Crippen LogP contribution is -2.24. The first kappa shape index (κ1) is 20.3. The average molecular weight is 405 g/mol. The van der Waals surface area contributed by atoms with Crippen LogP contribution in [0.2, 0.25) is 0 Å². The minimum Gasteiger partial charge on any atom is -0.311 e. The maximum absolute atomic E-state index is 12.6. The van der Waals surface area contributed by atoms with E-state index >= 15 is 0 Å². The molecule has 0 aliphatic carbocycles. The molecule has 1 unspecified atom stereocenters. The predicted octanol–water partition coefficient (Wildman–Crippen LogP) is 3.93. The van der Waals surface area contributed by atoms with Gasteiger partial charge in [-0.1, -0.05) is 30.3 Å². The Bertz CT molecular complexity index is 952. The third-order valence-electron chi connectivity index (χ3n) is 5.88. The van der Waals surface area contributed by atoms with Gasteiger partial charge in [0, 0.05) is 50.9 Å². The zero-order chi connectivity index (χ0) is 21.0. The SMILES string of the molecule is C#CCCC1(CCC(=O)Nc2c(C)cnn2C2CCN(Cc3ccccc3)C2)N=N1. The Morgan fingerprint density at radius 1 is 1.30 bits per heavy atom. The number of likely N-dealkylation sites (tertiary alicyclic amines) is 1. The number of rotatable bonds is 9. The van der Waals surface area contributed by atoms with Gasteiger partial charge in [0.15, 0.2) is 5.66 Å². The molecule has 2 aliphatic heterocycles. The van der Waals surface area contributed by atoms with E-state index in [1.54, 1.807) is 0 Å². The Morgan fingerprint density at radius 3 is 2.83 bits per heavy atom. The maximum Gasteiger partial charge on any atom is 0.225 e. The number of hydrogen-bond donors (Lipinski definition) is 1. The van der Waals surface area contributed by atoms with Crippen LogP contribution in [0.15, 0.2) is 46.8 Å². The number of nitrogens with zero attached hydrogens (tertiary/aromatic N) is 5. The van der Waals surface area contributed by atoms with Gasteiger partial charge in [0.2, 0.25) is 5.91 Å². The number of nitrogens with one attached hydrogen (secondary N) is 1. The number of aryl methyl sites for hydroxylation is 1. The number of carbonyl (C=O) groups is 1. The van der Waals surface area contributed by atoms with Crippen LogP contribution in [0.3, 0.4) is 0 Å². The molecule has 0 radical (unpaired) electrons. The van der Waals surface area contributed by atoms with Gasteiger partial charge in [-0.25, -0.2) is 4.68 Å². The molecule has 1 fully saturated rings. The summed E-state index contributed by atoms with van der Waals surface area (Å²) in [7, 11) is 0. The molecule has 0 bridgehead atoms. The predicted molar refractivity (Wildman–Crippen MR) is 116 cm³/mol. The summed E-state index contributed by atoms with van der Waals surface area (Å²) >= 11 is 0. The first-order valence-electron chi connectivity index (χ1n) is 10.6. The van der Waals surface area contributed by atoms with Crippen LogP contribution in [0.1, 0.15) is 49.3 Å². The summed E-state index contributed by atoms with van der Waals surface area (Å²) in [6.45, 7) is 4.86. The molecular formula is C23H28N6O. The van der Waals surface area contributed by atoms with Gasteiger partial charge in [-0.2, -0.15) is 15.3 Å². The van der Waals surface area contributed by atoms with E-state index in [0.29, 0.717) is 25.7 Å². The van der Waals surface area contributed by atoms with E-state index in [2.05, 4.69) is 55.7 Å². The van der Waals surface area contributed by atoms with Gasteiger partial charge in [0.25, 0.3) is 0 Å². The van der Waals surface area contributed by atoms with Crippen molar-refractivity contribution in [1.29, 1.82) is 0 Å². The third kappa shape index (κ3) is 4.77. The molecule has 7 heteroatoms. The largest absolute Gasteiger partial charge is 0.311 e. The van der Waals surface area contributed by atoms with Gasteiger partial charge >= 0.3 is 0 Å². The molecule has 1 saturated heterocycles. The Labute approximate surface area is 177 Å². The third-order valence-corrected chi connectivity index (χ3v) is 5.88. The van der Waals surface area contributed by atoms with Gasteiger partial charge in [0.1, 0.15) is 5.82 Å². The lowest BCUT2D eigenvalue weighted by atomic mass is 10.0. The number of aromatic nitrogens is 2. The highest BCUT2D eigenvalue weighted by atomic mass is 16.1. The summed E-state index contributed by atoms with van der Waals surface area (Å²) in [5.41, 5.74) is 1.87. The van der Waals surface area contributed by atoms with Gasteiger partial charge in [-0.15, -0.1) is 12.3 Å². The fraction of sp³-hybridized carbons (Fsp3) is 0.478. The fourth-order valence-electron chi connectivity index (χ4n) is 4.05. The Kier molecular flexibility index (Phi) is 5.96. The number of carbonyl (C=O) groups excluding carboxylic acids is 1. The minimum absolute atomic E-state index is 0.0311. The van der Waals surface area contributed by atoms with Crippen molar-refractivity contribution in [3.63, 3.8) is 0 Å². The number of terminal acetylenes is 1. The highest BCUT2D eigenvalue weighted by Crippen LogP contribution is 2.37. The summed E-state index contributed by atoms with van der Waals surface area (Å²) in [6.07, 6.45) is 10.5. The lowest BCUT2D eigenvalue weighted by molar-refractivity contribution is -0.116. The Morgan fingerprint density at radius 2 is 2.10 bits per heavy atom. The molecule has 1 N–H and O–H groups in total. The monoisotopic (exact) mass is 404 g/mol. The summed E-state index contributed by atoms with van der Waals surface area (Å²) in [4.78, 5) is 15.0. The molecule has 30 heavy (non-hydrogen) atoms. The van der Waals surface area contributed by atoms with Crippen LogP contribution in [0.25, 0.3) is 0 Å². The van der Waals surface area contributed by atoms with Crippen molar-refractivity contribution in [2.75, 3.05) is 18.4 Å². The van der Waals surface area contributed by atoms with Gasteiger partial charge < -0.3 is 5.32 Å². The topological polar surface area (TPSA) is 74.9 Å². The zero-order valence-electron chi connectivity index (χ0n) is 17.4. The van der Waals surface area contributed by atoms with E-state index in [4.69, 9.17) is 6.42 Å². The summed E-state index contributed by atoms with van der Waals surface area (Å²) in [6, 6.07) is 10.8. The highest BCUT2D eigenvalue weighted by molar-refractivity contribution is 5.90. The van der Waals surface area contributed by atoms with Crippen molar-refractivity contribution in [2.45, 2.75) is 57.3 Å². The number of amides is 1. The molecule has 1 aromatic carbocycles. The van der Waals surface area contributed by atoms with Crippen LogP contribution < -0.4 is 5.32 Å². The smallest absolute Gasteiger partial charge is 0.225 e. The molecule has 1 atom stereocenters. The van der Waals surface area contributed by atoms with E-state index in [1.807, 2.05) is 23.9 Å². The van der Waals surface area contributed by atoms with Crippen LogP contribution in [-0.2, 0) is 11.3 Å². The first-order valence-corrected chi connectivity index (χ1v) is 10.6. The number of benzene rings is 1. The normalized spacial score (nSPS) is 19.5. The molecule has 156 valence electrons. The molecule has 1 amide bonds. The van der Waals surface area contributed by atoms with Crippen LogP contribution in [0, 0.1) is 19.3 Å². The summed E-state index contributed by atoms with van der Waals surface area (Å²) in [5, 5.41) is 15.9. The second-order valence-corrected chi connectivity index (χ2v) is 8.22. The molecule has 2 aromatic rings. The Balaban J connectivity index is 1.33. The van der Waals surface area contributed by atoms with E-state index in [0.717, 1.165) is 37.4 Å². The maximum atomic E-state index is 12.6. The quantitative estimate of drug-likeness (QED) is 0.644. The molecule has 1 aromatic heterocycles. The molecule has 4 rings (SSSR count). The molecule has 2 aliphatic rings. The second kappa shape index (κ2) is 8.80. The van der Waals surface area contributed by atoms with Crippen LogP contribution >= 0.6 is 0 Å². The van der Waals surface area contributed by atoms with Crippen molar-refractivity contribution in [3.05, 3.63) is 47.7 Å². The first-order chi connectivity index (χ1) is 14.6. The van der Waals surface area contributed by atoms with E-state index in [1.165, 1.54) is 5.56 Å². The fourth-order valence-corrected chi connectivity index (χ4v) is 4.05. The van der Waals surface area contributed by atoms with Crippen molar-refractivity contribution in [3.8, 4) is 12.3 Å². The van der Waals surface area contributed by atoms with Crippen molar-refractivity contribution < 1.29 is 4.79 Å². The molecule has 0 saturated carbocycles. The van der Waals surface area contributed by atoms with E-state index < -0.39 is 5.66 Å². The average Bonchev–Trinajstić information content (AvgIpc) is 3.24. The second-order valence-electron chi connectivity index (χ2n) is 8.22. The molecule has 7 nitrogen and oxygen atoms in total. The molecule has 0 spiro atoms. The van der Waals surface area contributed by atoms with Crippen molar-refractivity contribution >= 4 is 11.7 Å². The van der Waals surface area contributed by atoms with Gasteiger partial charge in [-0.05, 0) is 18.9 Å². The number of hydrogen-bond acceptors (Lipinski definition) is 5. The van der Waals surface area contributed by atoms with E-state index in [-0.39, 0.29) is 11.9 Å². The van der Waals surface area contributed by atoms with Gasteiger partial charge in [-0.3, -0.25) is 9.69 Å². The lowest BCUT2D eigenvalue weighted by Gasteiger charge is -2.18. The summed E-state index contributed by atoms with van der Waals surface area (Å²) in [5.74, 6) is 3.39. The Hall–Kier alpha value is -2.98. The molecule has 3 heterocycles. The van der Waals surface area contributed by atoms with Gasteiger partial charge in [0.05, 0.1) is 12.2 Å². The zero-order valence-corrected chi connectivity index (χ0v) is 17.4. The molecular weight excluding hydrogens is 376 g/mol. The van der Waals surface area contributed by atoms with Crippen molar-refractivity contribution in [2.24, 2.45) is 10.2 Å². The van der Waals surface area contributed by atoms with E-state index in [9.17, 15) is 4.79 Å².